The van der Waals surface area contributed by atoms with Crippen molar-refractivity contribution in [1.29, 1.82) is 0 Å². The second-order valence-corrected chi connectivity index (χ2v) is 8.35. The zero-order valence-electron chi connectivity index (χ0n) is 15.1. The zero-order chi connectivity index (χ0) is 16.6. The van der Waals surface area contributed by atoms with Gasteiger partial charge in [-0.2, -0.15) is 0 Å². The van der Waals surface area contributed by atoms with Gasteiger partial charge in [-0.3, -0.25) is 4.79 Å². The standard InChI is InChI=1S/C19H32N2O2/c1-13-6-5-7-19(2)11-17-14(10-16(13)19)15(18(22)23-17)12-20-8-9-21(3)4/h10,13-15,17,20H,5-9,11-12H2,1-4H3. The number of allylic oxidation sites excluding steroid dienone is 1. The fraction of sp³-hybridized carbons (Fsp3) is 0.842. The van der Waals surface area contributed by atoms with Crippen molar-refractivity contribution in [3.8, 4) is 0 Å². The van der Waals surface area contributed by atoms with E-state index < -0.39 is 0 Å². The van der Waals surface area contributed by atoms with Crippen LogP contribution >= 0.6 is 0 Å². The molecule has 1 heterocycles. The molecule has 0 aromatic carbocycles. The molecule has 1 saturated carbocycles. The van der Waals surface area contributed by atoms with Gasteiger partial charge < -0.3 is 15.0 Å². The van der Waals surface area contributed by atoms with E-state index in [0.717, 1.165) is 26.1 Å². The Hall–Kier alpha value is -0.870. The molecular formula is C19H32N2O2. The quantitative estimate of drug-likeness (QED) is 0.480. The molecule has 1 aliphatic heterocycles. The molecule has 130 valence electrons. The number of carbonyl (C=O) groups is 1. The smallest absolute Gasteiger partial charge is 0.311 e. The van der Waals surface area contributed by atoms with Gasteiger partial charge in [0.05, 0.1) is 5.92 Å². The van der Waals surface area contributed by atoms with E-state index in [4.69, 9.17) is 4.74 Å². The Morgan fingerprint density at radius 1 is 1.43 bits per heavy atom. The van der Waals surface area contributed by atoms with E-state index >= 15 is 0 Å². The summed E-state index contributed by atoms with van der Waals surface area (Å²) in [6.07, 6.45) is 7.39. The zero-order valence-corrected chi connectivity index (χ0v) is 15.1. The molecule has 0 radical (unpaired) electrons. The fourth-order valence-electron chi connectivity index (χ4n) is 4.84. The van der Waals surface area contributed by atoms with Crippen LogP contribution in [0.3, 0.4) is 0 Å². The molecule has 2 aliphatic carbocycles. The van der Waals surface area contributed by atoms with Gasteiger partial charge in [-0.15, -0.1) is 0 Å². The number of rotatable bonds is 5. The molecule has 2 fully saturated rings. The Bertz CT molecular complexity index is 488. The number of hydrogen-bond donors (Lipinski definition) is 1. The number of carbonyl (C=O) groups excluding carboxylic acids is 1. The van der Waals surface area contributed by atoms with Crippen LogP contribution < -0.4 is 5.32 Å². The minimum atomic E-state index is -0.00617. The number of nitrogens with one attached hydrogen (secondary N) is 1. The molecule has 0 bridgehead atoms. The lowest BCUT2D eigenvalue weighted by Crippen LogP contribution is -2.40. The number of likely N-dealkylation sites (N-methyl/N-ethyl adjacent to an activating group) is 1. The molecule has 23 heavy (non-hydrogen) atoms. The number of esters is 1. The van der Waals surface area contributed by atoms with Gasteiger partial charge >= 0.3 is 5.97 Å². The number of nitrogens with zero attached hydrogens (tertiary/aromatic N) is 1. The first-order valence-corrected chi connectivity index (χ1v) is 9.19. The average Bonchev–Trinajstić information content (AvgIpc) is 2.76. The van der Waals surface area contributed by atoms with Gasteiger partial charge in [-0.1, -0.05) is 31.9 Å². The third-order valence-corrected chi connectivity index (χ3v) is 6.18. The summed E-state index contributed by atoms with van der Waals surface area (Å²) in [5.41, 5.74) is 1.85. The summed E-state index contributed by atoms with van der Waals surface area (Å²) < 4.78 is 5.77. The summed E-state index contributed by atoms with van der Waals surface area (Å²) in [4.78, 5) is 14.5. The van der Waals surface area contributed by atoms with Crippen molar-refractivity contribution in [2.75, 3.05) is 33.7 Å². The lowest BCUT2D eigenvalue weighted by Gasteiger charge is -2.46. The molecule has 3 aliphatic rings. The molecule has 0 spiro atoms. The Morgan fingerprint density at radius 2 is 2.22 bits per heavy atom. The molecule has 0 aromatic rings. The van der Waals surface area contributed by atoms with Crippen LogP contribution in [0, 0.1) is 23.2 Å². The van der Waals surface area contributed by atoms with Crippen LogP contribution in [0.25, 0.3) is 0 Å². The van der Waals surface area contributed by atoms with Gasteiger partial charge in [0, 0.05) is 25.6 Å². The maximum Gasteiger partial charge on any atom is 0.311 e. The summed E-state index contributed by atoms with van der Waals surface area (Å²) in [6.45, 7) is 7.38. The third-order valence-electron chi connectivity index (χ3n) is 6.18. The van der Waals surface area contributed by atoms with E-state index in [0.29, 0.717) is 5.92 Å². The fourth-order valence-corrected chi connectivity index (χ4v) is 4.84. The van der Waals surface area contributed by atoms with Gasteiger partial charge in [0.15, 0.2) is 0 Å². The maximum atomic E-state index is 12.4. The van der Waals surface area contributed by atoms with Crippen molar-refractivity contribution >= 4 is 5.97 Å². The number of hydrogen-bond acceptors (Lipinski definition) is 4. The summed E-state index contributed by atoms with van der Waals surface area (Å²) in [5.74, 6) is 0.933. The molecule has 5 atom stereocenters. The van der Waals surface area contributed by atoms with Gasteiger partial charge in [-0.25, -0.2) is 0 Å². The van der Waals surface area contributed by atoms with Gasteiger partial charge in [-0.05, 0) is 44.7 Å². The predicted octanol–water partition coefficient (Wildman–Crippen LogP) is 2.45. The SMILES string of the molecule is CC1CCCC2(C)CC3OC(=O)C(CNCCN(C)C)C3C=C12. The van der Waals surface area contributed by atoms with Gasteiger partial charge in [0.25, 0.3) is 0 Å². The van der Waals surface area contributed by atoms with Crippen molar-refractivity contribution < 1.29 is 9.53 Å². The molecule has 0 aromatic heterocycles. The molecule has 3 rings (SSSR count). The second-order valence-electron chi connectivity index (χ2n) is 8.35. The minimum Gasteiger partial charge on any atom is -0.461 e. The van der Waals surface area contributed by atoms with Crippen LogP contribution in [-0.2, 0) is 9.53 Å². The Morgan fingerprint density at radius 3 is 2.96 bits per heavy atom. The van der Waals surface area contributed by atoms with Crippen molar-refractivity contribution in [2.45, 2.75) is 45.6 Å². The topological polar surface area (TPSA) is 41.6 Å². The number of ether oxygens (including phenoxy) is 1. The molecule has 4 heteroatoms. The molecule has 1 N–H and O–H groups in total. The van der Waals surface area contributed by atoms with Crippen LogP contribution in [-0.4, -0.2) is 50.7 Å². The van der Waals surface area contributed by atoms with Crippen LogP contribution in [0.2, 0.25) is 0 Å². The lowest BCUT2D eigenvalue weighted by molar-refractivity contribution is -0.145. The maximum absolute atomic E-state index is 12.4. The predicted molar refractivity (Wildman–Crippen MR) is 92.1 cm³/mol. The third kappa shape index (κ3) is 3.34. The highest BCUT2D eigenvalue weighted by Gasteiger charge is 2.51. The first-order valence-electron chi connectivity index (χ1n) is 9.19. The van der Waals surface area contributed by atoms with Crippen LogP contribution in [0.4, 0.5) is 0 Å². The average molecular weight is 320 g/mol. The number of fused-ring (bicyclic) bond motifs is 2. The highest BCUT2D eigenvalue weighted by Crippen LogP contribution is 2.53. The van der Waals surface area contributed by atoms with Gasteiger partial charge in [0.2, 0.25) is 0 Å². The van der Waals surface area contributed by atoms with E-state index in [-0.39, 0.29) is 29.3 Å². The molecule has 0 amide bonds. The van der Waals surface area contributed by atoms with Crippen LogP contribution in [0.15, 0.2) is 11.6 Å². The van der Waals surface area contributed by atoms with Crippen LogP contribution in [0.1, 0.15) is 39.5 Å². The Kier molecular flexibility index (Phi) is 4.84. The largest absolute Gasteiger partial charge is 0.461 e. The van der Waals surface area contributed by atoms with Crippen molar-refractivity contribution in [3.05, 3.63) is 11.6 Å². The van der Waals surface area contributed by atoms with Crippen molar-refractivity contribution in [2.24, 2.45) is 23.2 Å². The molecule has 4 nitrogen and oxygen atoms in total. The monoisotopic (exact) mass is 320 g/mol. The molecular weight excluding hydrogens is 288 g/mol. The highest BCUT2D eigenvalue weighted by molar-refractivity contribution is 5.76. The molecule has 1 saturated heterocycles. The first kappa shape index (κ1) is 17.0. The minimum absolute atomic E-state index is 0.00380. The van der Waals surface area contributed by atoms with Gasteiger partial charge in [0.1, 0.15) is 6.10 Å². The summed E-state index contributed by atoms with van der Waals surface area (Å²) in [7, 11) is 4.14. The van der Waals surface area contributed by atoms with E-state index in [1.54, 1.807) is 5.57 Å². The van der Waals surface area contributed by atoms with E-state index in [2.05, 4.69) is 44.2 Å². The van der Waals surface area contributed by atoms with Crippen molar-refractivity contribution in [3.63, 3.8) is 0 Å². The van der Waals surface area contributed by atoms with Crippen molar-refractivity contribution in [1.82, 2.24) is 10.2 Å². The summed E-state index contributed by atoms with van der Waals surface area (Å²) in [5, 5.41) is 3.44. The Labute approximate surface area is 140 Å². The van der Waals surface area contributed by atoms with Crippen LogP contribution in [0.5, 0.6) is 0 Å². The van der Waals surface area contributed by atoms with E-state index in [9.17, 15) is 4.79 Å². The Balaban J connectivity index is 1.70. The summed E-state index contributed by atoms with van der Waals surface area (Å²) >= 11 is 0. The normalized spacial score (nSPS) is 39.7. The first-order chi connectivity index (χ1) is 10.9. The summed E-state index contributed by atoms with van der Waals surface area (Å²) in [6, 6.07) is 0. The van der Waals surface area contributed by atoms with E-state index in [1.807, 2.05) is 0 Å². The van der Waals surface area contributed by atoms with E-state index in [1.165, 1.54) is 19.3 Å². The lowest BCUT2D eigenvalue weighted by atomic mass is 9.59. The molecule has 5 unspecified atom stereocenters. The highest BCUT2D eigenvalue weighted by atomic mass is 16.6. The second kappa shape index (κ2) is 6.56.